The number of aromatic amines is 1. The normalized spacial score (nSPS) is 17.4. The van der Waals surface area contributed by atoms with Crippen molar-refractivity contribution < 1.29 is 4.79 Å². The minimum Gasteiger partial charge on any atom is -0.351 e. The number of amides is 1. The van der Waals surface area contributed by atoms with E-state index in [1.165, 1.54) is 0 Å². The minimum atomic E-state index is 0.0810. The highest BCUT2D eigenvalue weighted by Crippen LogP contribution is 2.01. The molecule has 1 fully saturated rings. The maximum Gasteiger partial charge on any atom is 0.234 e. The van der Waals surface area contributed by atoms with Crippen molar-refractivity contribution in [2.75, 3.05) is 32.7 Å². The molecule has 1 saturated heterocycles. The van der Waals surface area contributed by atoms with E-state index >= 15 is 0 Å². The predicted octanol–water partition coefficient (Wildman–Crippen LogP) is -0.370. The molecule has 1 aliphatic heterocycles. The molecule has 0 radical (unpaired) electrons. The summed E-state index contributed by atoms with van der Waals surface area (Å²) in [6, 6.07) is 0. The zero-order valence-corrected chi connectivity index (χ0v) is 10.8. The molecular formula is C12H21N5O. The summed E-state index contributed by atoms with van der Waals surface area (Å²) >= 11 is 0. The van der Waals surface area contributed by atoms with Crippen molar-refractivity contribution in [3.05, 3.63) is 17.5 Å². The third kappa shape index (κ3) is 3.82. The van der Waals surface area contributed by atoms with Crippen LogP contribution >= 0.6 is 0 Å². The summed E-state index contributed by atoms with van der Waals surface area (Å²) in [5.41, 5.74) is 2.05. The van der Waals surface area contributed by atoms with Crippen LogP contribution < -0.4 is 10.6 Å². The number of nitrogens with one attached hydrogen (secondary N) is 3. The third-order valence-corrected chi connectivity index (χ3v) is 3.21. The standard InChI is InChI=1S/C12H21N5O/c1-10-11(8-15-16-10)7-14-12(18)9-17-5-2-3-13-4-6-17/h8,13H,2-7,9H2,1H3,(H,14,18)(H,15,16). The first-order valence-electron chi connectivity index (χ1n) is 6.44. The Hall–Kier alpha value is -1.40. The zero-order chi connectivity index (χ0) is 12.8. The van der Waals surface area contributed by atoms with Gasteiger partial charge in [-0.25, -0.2) is 0 Å². The van der Waals surface area contributed by atoms with Gasteiger partial charge in [-0.2, -0.15) is 5.10 Å². The van der Waals surface area contributed by atoms with Crippen molar-refractivity contribution in [2.45, 2.75) is 19.9 Å². The minimum absolute atomic E-state index is 0.0810. The molecule has 1 aliphatic rings. The molecule has 0 saturated carbocycles. The van der Waals surface area contributed by atoms with Crippen molar-refractivity contribution in [1.29, 1.82) is 0 Å². The maximum atomic E-state index is 11.8. The van der Waals surface area contributed by atoms with Crippen LogP contribution in [0.25, 0.3) is 0 Å². The number of nitrogens with zero attached hydrogens (tertiary/aromatic N) is 2. The Morgan fingerprint density at radius 2 is 2.39 bits per heavy atom. The van der Waals surface area contributed by atoms with Gasteiger partial charge in [0.1, 0.15) is 0 Å². The Kier molecular flexibility index (Phi) is 4.72. The first kappa shape index (κ1) is 13.0. The van der Waals surface area contributed by atoms with Crippen molar-refractivity contribution in [3.63, 3.8) is 0 Å². The average molecular weight is 251 g/mol. The van der Waals surface area contributed by atoms with Crippen LogP contribution in [0.4, 0.5) is 0 Å². The van der Waals surface area contributed by atoms with Crippen LogP contribution in [0.1, 0.15) is 17.7 Å². The number of carbonyl (C=O) groups excluding carboxylic acids is 1. The van der Waals surface area contributed by atoms with Crippen molar-refractivity contribution in [1.82, 2.24) is 25.7 Å². The molecule has 100 valence electrons. The van der Waals surface area contributed by atoms with E-state index in [2.05, 4.69) is 25.7 Å². The molecule has 1 aromatic heterocycles. The van der Waals surface area contributed by atoms with Crippen molar-refractivity contribution in [3.8, 4) is 0 Å². The second-order valence-electron chi connectivity index (χ2n) is 4.68. The van der Waals surface area contributed by atoms with Gasteiger partial charge in [0.05, 0.1) is 12.7 Å². The maximum absolute atomic E-state index is 11.8. The number of H-pyrrole nitrogens is 1. The van der Waals surface area contributed by atoms with Gasteiger partial charge in [0.15, 0.2) is 0 Å². The molecule has 2 heterocycles. The molecule has 0 aromatic carbocycles. The SMILES string of the molecule is Cc1[nH]ncc1CNC(=O)CN1CCCNCC1. The molecule has 1 amide bonds. The molecule has 6 heteroatoms. The van der Waals surface area contributed by atoms with Gasteiger partial charge in [0.25, 0.3) is 0 Å². The summed E-state index contributed by atoms with van der Waals surface area (Å²) < 4.78 is 0. The van der Waals surface area contributed by atoms with Gasteiger partial charge >= 0.3 is 0 Å². The monoisotopic (exact) mass is 251 g/mol. The van der Waals surface area contributed by atoms with Crippen LogP contribution in [0, 0.1) is 6.92 Å². The van der Waals surface area contributed by atoms with Gasteiger partial charge in [0, 0.05) is 30.9 Å². The number of hydrogen-bond acceptors (Lipinski definition) is 4. The van der Waals surface area contributed by atoms with E-state index in [0.29, 0.717) is 13.1 Å². The van der Waals surface area contributed by atoms with E-state index in [0.717, 1.165) is 43.9 Å². The third-order valence-electron chi connectivity index (χ3n) is 3.21. The first-order chi connectivity index (χ1) is 8.75. The Morgan fingerprint density at radius 3 is 3.17 bits per heavy atom. The lowest BCUT2D eigenvalue weighted by Gasteiger charge is -2.18. The Labute approximate surface area is 107 Å². The van der Waals surface area contributed by atoms with Crippen molar-refractivity contribution >= 4 is 5.91 Å². The van der Waals surface area contributed by atoms with Crippen LogP contribution in [0.15, 0.2) is 6.20 Å². The van der Waals surface area contributed by atoms with E-state index in [1.807, 2.05) is 6.92 Å². The molecule has 0 spiro atoms. The second kappa shape index (κ2) is 6.51. The van der Waals surface area contributed by atoms with Gasteiger partial charge in [-0.15, -0.1) is 0 Å². The van der Waals surface area contributed by atoms with E-state index < -0.39 is 0 Å². The van der Waals surface area contributed by atoms with Crippen LogP contribution in [-0.4, -0.2) is 53.7 Å². The Morgan fingerprint density at radius 1 is 1.50 bits per heavy atom. The van der Waals surface area contributed by atoms with Gasteiger partial charge in [-0.05, 0) is 26.4 Å². The molecule has 0 atom stereocenters. The predicted molar refractivity (Wildman–Crippen MR) is 69.1 cm³/mol. The molecule has 0 bridgehead atoms. The van der Waals surface area contributed by atoms with Crippen molar-refractivity contribution in [2.24, 2.45) is 0 Å². The van der Waals surface area contributed by atoms with Gasteiger partial charge in [-0.3, -0.25) is 14.8 Å². The van der Waals surface area contributed by atoms with Crippen LogP contribution in [0.5, 0.6) is 0 Å². The van der Waals surface area contributed by atoms with E-state index in [9.17, 15) is 4.79 Å². The Balaban J connectivity index is 1.73. The number of aryl methyl sites for hydroxylation is 1. The van der Waals surface area contributed by atoms with Gasteiger partial charge in [-0.1, -0.05) is 0 Å². The summed E-state index contributed by atoms with van der Waals surface area (Å²) in [6.07, 6.45) is 2.86. The highest BCUT2D eigenvalue weighted by Gasteiger charge is 2.12. The average Bonchev–Trinajstić information content (AvgIpc) is 2.61. The molecule has 2 rings (SSSR count). The zero-order valence-electron chi connectivity index (χ0n) is 10.8. The quantitative estimate of drug-likeness (QED) is 0.682. The summed E-state index contributed by atoms with van der Waals surface area (Å²) in [5, 5.41) is 13.1. The molecule has 18 heavy (non-hydrogen) atoms. The molecule has 3 N–H and O–H groups in total. The lowest BCUT2D eigenvalue weighted by Crippen LogP contribution is -2.38. The number of rotatable bonds is 4. The molecule has 6 nitrogen and oxygen atoms in total. The smallest absolute Gasteiger partial charge is 0.234 e. The van der Waals surface area contributed by atoms with Gasteiger partial charge < -0.3 is 10.6 Å². The first-order valence-corrected chi connectivity index (χ1v) is 6.44. The molecule has 0 unspecified atom stereocenters. The highest BCUT2D eigenvalue weighted by molar-refractivity contribution is 5.78. The fraction of sp³-hybridized carbons (Fsp3) is 0.667. The van der Waals surface area contributed by atoms with Crippen LogP contribution in [0.3, 0.4) is 0 Å². The largest absolute Gasteiger partial charge is 0.351 e. The summed E-state index contributed by atoms with van der Waals surface area (Å²) in [7, 11) is 0. The van der Waals surface area contributed by atoms with Gasteiger partial charge in [0.2, 0.25) is 5.91 Å². The number of carbonyl (C=O) groups is 1. The Bertz CT molecular complexity index is 382. The fourth-order valence-electron chi connectivity index (χ4n) is 2.07. The topological polar surface area (TPSA) is 73.0 Å². The highest BCUT2D eigenvalue weighted by atomic mass is 16.2. The van der Waals surface area contributed by atoms with Crippen LogP contribution in [0.2, 0.25) is 0 Å². The lowest BCUT2D eigenvalue weighted by molar-refractivity contribution is -0.122. The number of hydrogen-bond donors (Lipinski definition) is 3. The van der Waals surface area contributed by atoms with E-state index in [1.54, 1.807) is 6.20 Å². The molecule has 0 aliphatic carbocycles. The lowest BCUT2D eigenvalue weighted by atomic mass is 10.2. The number of aromatic nitrogens is 2. The van der Waals surface area contributed by atoms with Crippen LogP contribution in [-0.2, 0) is 11.3 Å². The second-order valence-corrected chi connectivity index (χ2v) is 4.68. The summed E-state index contributed by atoms with van der Waals surface area (Å²) in [5.74, 6) is 0.0810. The summed E-state index contributed by atoms with van der Waals surface area (Å²) in [6.45, 7) is 6.94. The van der Waals surface area contributed by atoms with E-state index in [-0.39, 0.29) is 5.91 Å². The summed E-state index contributed by atoms with van der Waals surface area (Å²) in [4.78, 5) is 14.0. The molecular weight excluding hydrogens is 230 g/mol. The molecule has 1 aromatic rings. The van der Waals surface area contributed by atoms with E-state index in [4.69, 9.17) is 0 Å². The fourth-order valence-corrected chi connectivity index (χ4v) is 2.07.